The van der Waals surface area contributed by atoms with Gasteiger partial charge in [0.05, 0.1) is 6.61 Å². The number of ether oxygens (including phenoxy) is 1. The van der Waals surface area contributed by atoms with E-state index in [1.165, 1.54) is 4.90 Å². The smallest absolute Gasteiger partial charge is 0.328 e. The van der Waals surface area contributed by atoms with E-state index in [0.717, 1.165) is 6.42 Å². The molecule has 1 unspecified atom stereocenters. The van der Waals surface area contributed by atoms with Crippen LogP contribution >= 0.6 is 0 Å². The van der Waals surface area contributed by atoms with E-state index < -0.39 is 6.04 Å². The van der Waals surface area contributed by atoms with Gasteiger partial charge in [-0.25, -0.2) is 4.79 Å². The third-order valence-electron chi connectivity index (χ3n) is 2.10. The van der Waals surface area contributed by atoms with Gasteiger partial charge in [-0.3, -0.25) is 4.79 Å². The summed E-state index contributed by atoms with van der Waals surface area (Å²) in [5.74, 6) is -0.337. The van der Waals surface area contributed by atoms with Gasteiger partial charge >= 0.3 is 12.4 Å². The molecule has 0 bridgehead atoms. The van der Waals surface area contributed by atoms with Crippen LogP contribution in [0.1, 0.15) is 40.5 Å². The molecule has 1 radical (unpaired) electrons. The summed E-state index contributed by atoms with van der Waals surface area (Å²) in [5.41, 5.74) is 0. The Morgan fingerprint density at radius 1 is 1.40 bits per heavy atom. The van der Waals surface area contributed by atoms with E-state index in [4.69, 9.17) is 4.74 Å². The lowest BCUT2D eigenvalue weighted by Crippen LogP contribution is -2.44. The summed E-state index contributed by atoms with van der Waals surface area (Å²) in [6, 6.07) is -0.546. The second-order valence-corrected chi connectivity index (χ2v) is 3.68. The number of carbonyl (C=O) groups is 1. The van der Waals surface area contributed by atoms with E-state index in [9.17, 15) is 9.59 Å². The first-order valence-corrected chi connectivity index (χ1v) is 5.41. The molecule has 87 valence electrons. The van der Waals surface area contributed by atoms with Crippen LogP contribution in [0.15, 0.2) is 0 Å². The van der Waals surface area contributed by atoms with Crippen molar-refractivity contribution in [3.63, 3.8) is 0 Å². The molecule has 1 atom stereocenters. The second kappa shape index (κ2) is 7.26. The van der Waals surface area contributed by atoms with Crippen molar-refractivity contribution in [2.24, 2.45) is 0 Å². The van der Waals surface area contributed by atoms with E-state index in [0.29, 0.717) is 13.0 Å². The van der Waals surface area contributed by atoms with Gasteiger partial charge in [0.15, 0.2) is 0 Å². The van der Waals surface area contributed by atoms with Crippen LogP contribution in [0.3, 0.4) is 0 Å². The summed E-state index contributed by atoms with van der Waals surface area (Å²) in [7, 11) is 0. The number of rotatable bonds is 7. The van der Waals surface area contributed by atoms with Crippen molar-refractivity contribution in [3.05, 3.63) is 0 Å². The molecule has 0 aromatic heterocycles. The molecule has 0 spiro atoms. The van der Waals surface area contributed by atoms with Gasteiger partial charge in [-0.2, -0.15) is 0 Å². The third kappa shape index (κ3) is 4.32. The van der Waals surface area contributed by atoms with E-state index in [1.807, 2.05) is 27.7 Å². The molecule has 0 aromatic carbocycles. The Morgan fingerprint density at radius 3 is 2.33 bits per heavy atom. The van der Waals surface area contributed by atoms with Crippen molar-refractivity contribution in [2.75, 3.05) is 6.61 Å². The van der Waals surface area contributed by atoms with Gasteiger partial charge in [0.25, 0.3) is 0 Å². The summed E-state index contributed by atoms with van der Waals surface area (Å²) in [5, 5.41) is 0. The van der Waals surface area contributed by atoms with E-state index in [2.05, 4.69) is 0 Å². The average Bonchev–Trinajstić information content (AvgIpc) is 2.21. The van der Waals surface area contributed by atoms with E-state index in [1.54, 1.807) is 6.41 Å². The van der Waals surface area contributed by atoms with Crippen LogP contribution < -0.4 is 0 Å². The molecule has 15 heavy (non-hydrogen) atoms. The lowest BCUT2D eigenvalue weighted by Gasteiger charge is -2.28. The number of hydrogen-bond donors (Lipinski definition) is 0. The summed E-state index contributed by atoms with van der Waals surface area (Å²) in [6.07, 6.45) is 3.13. The Kier molecular flexibility index (Phi) is 6.75. The SMILES string of the molecule is CCCOC(=O)C(CC)N([C]=O)C(C)C. The maximum Gasteiger partial charge on any atom is 0.328 e. The molecular formula is C11H20NO3. The molecule has 0 aliphatic heterocycles. The minimum atomic E-state index is -0.506. The van der Waals surface area contributed by atoms with Gasteiger partial charge in [-0.05, 0) is 26.7 Å². The first-order valence-electron chi connectivity index (χ1n) is 5.41. The minimum absolute atomic E-state index is 0.0402. The largest absolute Gasteiger partial charge is 0.464 e. The highest BCUT2D eigenvalue weighted by molar-refractivity contribution is 5.78. The molecule has 0 aliphatic rings. The Hall–Kier alpha value is -1.06. The van der Waals surface area contributed by atoms with Crippen LogP contribution in [0.5, 0.6) is 0 Å². The highest BCUT2D eigenvalue weighted by Crippen LogP contribution is 2.08. The summed E-state index contributed by atoms with van der Waals surface area (Å²) in [4.78, 5) is 23.7. The van der Waals surface area contributed by atoms with Crippen molar-refractivity contribution >= 4 is 12.4 Å². The van der Waals surface area contributed by atoms with Crippen LogP contribution in [0.4, 0.5) is 0 Å². The van der Waals surface area contributed by atoms with Crippen molar-refractivity contribution < 1.29 is 14.3 Å². The van der Waals surface area contributed by atoms with Crippen LogP contribution in [0.25, 0.3) is 0 Å². The number of nitrogens with zero attached hydrogens (tertiary/aromatic N) is 1. The fraction of sp³-hybridized carbons (Fsp3) is 0.818. The zero-order chi connectivity index (χ0) is 11.8. The van der Waals surface area contributed by atoms with Crippen LogP contribution in [-0.4, -0.2) is 36.0 Å². The molecule has 0 saturated heterocycles. The lowest BCUT2D eigenvalue weighted by atomic mass is 10.1. The van der Waals surface area contributed by atoms with Gasteiger partial charge in [0, 0.05) is 6.04 Å². The maximum absolute atomic E-state index is 11.6. The monoisotopic (exact) mass is 214 g/mol. The summed E-state index contributed by atoms with van der Waals surface area (Å²) in [6.45, 7) is 7.88. The first kappa shape index (κ1) is 13.9. The van der Waals surface area contributed by atoms with Crippen molar-refractivity contribution in [2.45, 2.75) is 52.6 Å². The molecule has 4 heteroatoms. The molecular weight excluding hydrogens is 194 g/mol. The first-order chi connectivity index (χ1) is 7.08. The number of esters is 1. The molecule has 0 aliphatic carbocycles. The van der Waals surface area contributed by atoms with Crippen molar-refractivity contribution in [3.8, 4) is 0 Å². The number of hydrogen-bond acceptors (Lipinski definition) is 3. The number of amides is 1. The number of carbonyl (C=O) groups excluding carboxylic acids is 2. The topological polar surface area (TPSA) is 46.6 Å². The van der Waals surface area contributed by atoms with Gasteiger partial charge in [0.1, 0.15) is 6.04 Å². The van der Waals surface area contributed by atoms with E-state index >= 15 is 0 Å². The Labute approximate surface area is 91.6 Å². The lowest BCUT2D eigenvalue weighted by molar-refractivity contribution is -0.149. The fourth-order valence-corrected chi connectivity index (χ4v) is 1.30. The highest BCUT2D eigenvalue weighted by atomic mass is 16.5. The quantitative estimate of drug-likeness (QED) is 0.476. The van der Waals surface area contributed by atoms with Crippen LogP contribution in [0.2, 0.25) is 0 Å². The summed E-state index contributed by atoms with van der Waals surface area (Å²) < 4.78 is 5.02. The average molecular weight is 214 g/mol. The van der Waals surface area contributed by atoms with Crippen molar-refractivity contribution in [1.29, 1.82) is 0 Å². The predicted molar refractivity (Wildman–Crippen MR) is 58.0 cm³/mol. The maximum atomic E-state index is 11.6. The van der Waals surface area contributed by atoms with Gasteiger partial charge in [-0.15, -0.1) is 0 Å². The Morgan fingerprint density at radius 2 is 2.00 bits per heavy atom. The third-order valence-corrected chi connectivity index (χ3v) is 2.10. The van der Waals surface area contributed by atoms with Gasteiger partial charge in [-0.1, -0.05) is 13.8 Å². The zero-order valence-electron chi connectivity index (χ0n) is 9.95. The molecule has 0 N–H and O–H groups in total. The minimum Gasteiger partial charge on any atom is -0.464 e. The van der Waals surface area contributed by atoms with Gasteiger partial charge < -0.3 is 9.64 Å². The Balaban J connectivity index is 4.43. The molecule has 0 fully saturated rings. The van der Waals surface area contributed by atoms with Gasteiger partial charge in [0.2, 0.25) is 0 Å². The molecule has 1 amide bonds. The molecule has 0 heterocycles. The molecule has 0 rings (SSSR count). The van der Waals surface area contributed by atoms with Crippen LogP contribution in [-0.2, 0) is 14.3 Å². The Bertz CT molecular complexity index is 204. The van der Waals surface area contributed by atoms with Crippen molar-refractivity contribution in [1.82, 2.24) is 4.90 Å². The van der Waals surface area contributed by atoms with E-state index in [-0.39, 0.29) is 12.0 Å². The molecule has 4 nitrogen and oxygen atoms in total. The standard InChI is InChI=1S/C11H20NO3/c1-5-7-15-11(14)10(6-2)12(8-13)9(3)4/h9-10H,5-7H2,1-4H3. The highest BCUT2D eigenvalue weighted by Gasteiger charge is 2.26. The zero-order valence-corrected chi connectivity index (χ0v) is 9.95. The second-order valence-electron chi connectivity index (χ2n) is 3.68. The predicted octanol–water partition coefficient (Wildman–Crippen LogP) is 1.50. The summed E-state index contributed by atoms with van der Waals surface area (Å²) >= 11 is 0. The molecule has 0 saturated carbocycles. The van der Waals surface area contributed by atoms with Crippen LogP contribution in [0, 0.1) is 0 Å². The fourth-order valence-electron chi connectivity index (χ4n) is 1.30. The molecule has 0 aromatic rings. The normalized spacial score (nSPS) is 12.3.